The molecule has 1 spiro atoms. The molecule has 2 unspecified atom stereocenters. The van der Waals surface area contributed by atoms with Gasteiger partial charge in [-0.2, -0.15) is 0 Å². The van der Waals surface area contributed by atoms with E-state index in [-0.39, 0.29) is 19.0 Å². The van der Waals surface area contributed by atoms with Gasteiger partial charge in [-0.3, -0.25) is 19.3 Å². The molecule has 3 aliphatic rings. The largest absolute Gasteiger partial charge is 0.480 e. The molecule has 2 fully saturated rings. The topological polar surface area (TPSA) is 157 Å². The van der Waals surface area contributed by atoms with Crippen LogP contribution in [0.5, 0.6) is 0 Å². The number of benzene rings is 2. The van der Waals surface area contributed by atoms with Gasteiger partial charge in [0, 0.05) is 36.8 Å². The van der Waals surface area contributed by atoms with Crippen LogP contribution in [0, 0.1) is 5.82 Å². The van der Waals surface area contributed by atoms with E-state index in [1.54, 1.807) is 35.2 Å². The normalized spacial score (nSPS) is 22.1. The van der Waals surface area contributed by atoms with E-state index in [0.29, 0.717) is 37.1 Å². The molecule has 42 heavy (non-hydrogen) atoms. The Morgan fingerprint density at radius 3 is 2.62 bits per heavy atom. The number of fused-ring (bicyclic) bond motifs is 2. The Hall–Kier alpha value is -4.52. The number of aliphatic carboxylic acids is 1. The van der Waals surface area contributed by atoms with Gasteiger partial charge in [-0.25, -0.2) is 18.9 Å². The number of hydrogen-bond acceptors (Lipinski definition) is 7. The molecule has 12 nitrogen and oxygen atoms in total. The van der Waals surface area contributed by atoms with Crippen LogP contribution < -0.4 is 16.0 Å². The van der Waals surface area contributed by atoms with Crippen LogP contribution in [-0.2, 0) is 37.6 Å². The second-order valence-electron chi connectivity index (χ2n) is 10.7. The smallest absolute Gasteiger partial charge is 0.418 e. The summed E-state index contributed by atoms with van der Waals surface area (Å²) in [6, 6.07) is 9.55. The van der Waals surface area contributed by atoms with E-state index in [2.05, 4.69) is 16.0 Å². The Kier molecular flexibility index (Phi) is 8.12. The van der Waals surface area contributed by atoms with E-state index < -0.39 is 53.9 Å². The fourth-order valence-corrected chi connectivity index (χ4v) is 6.16. The minimum absolute atomic E-state index is 0.195. The number of amides is 5. The van der Waals surface area contributed by atoms with Gasteiger partial charge in [0.1, 0.15) is 12.4 Å². The first-order valence-corrected chi connectivity index (χ1v) is 13.8. The maximum atomic E-state index is 13.6. The molecular weight excluding hydrogens is 549 g/mol. The number of rotatable bonds is 9. The Morgan fingerprint density at radius 1 is 1.14 bits per heavy atom. The van der Waals surface area contributed by atoms with Crippen LogP contribution in [0.4, 0.5) is 19.7 Å². The molecule has 3 atom stereocenters. The van der Waals surface area contributed by atoms with Crippen molar-refractivity contribution in [2.45, 2.75) is 49.8 Å². The number of carbonyl (C=O) groups is 5. The minimum Gasteiger partial charge on any atom is -0.480 e. The molecule has 1 aliphatic carbocycles. The number of aryl methyl sites for hydroxylation is 1. The summed E-state index contributed by atoms with van der Waals surface area (Å²) in [5.41, 5.74) is 0.975. The van der Waals surface area contributed by atoms with Crippen molar-refractivity contribution in [1.82, 2.24) is 20.4 Å². The molecule has 4 N–H and O–H groups in total. The van der Waals surface area contributed by atoms with Crippen molar-refractivity contribution < 1.29 is 38.2 Å². The van der Waals surface area contributed by atoms with E-state index in [1.165, 1.54) is 19.2 Å². The number of anilines is 1. The first-order chi connectivity index (χ1) is 20.1. The Bertz CT molecular complexity index is 1420. The predicted molar refractivity (Wildman–Crippen MR) is 147 cm³/mol. The van der Waals surface area contributed by atoms with E-state index in [9.17, 15) is 33.5 Å². The molecule has 0 bridgehead atoms. The van der Waals surface area contributed by atoms with Crippen molar-refractivity contribution in [2.24, 2.45) is 0 Å². The van der Waals surface area contributed by atoms with Crippen molar-refractivity contribution in [3.8, 4) is 0 Å². The number of nitrogens with one attached hydrogen (secondary N) is 3. The summed E-state index contributed by atoms with van der Waals surface area (Å²) in [5, 5.41) is 17.4. The van der Waals surface area contributed by atoms with Gasteiger partial charge in [-0.15, -0.1) is 0 Å². The van der Waals surface area contributed by atoms with Crippen LogP contribution in [0.15, 0.2) is 42.5 Å². The fraction of sp³-hybridized carbons (Fsp3) is 0.414. The van der Waals surface area contributed by atoms with Gasteiger partial charge in [0.05, 0.1) is 6.54 Å². The molecule has 5 amide bonds. The molecule has 13 heteroatoms. The molecule has 222 valence electrons. The second-order valence-corrected chi connectivity index (χ2v) is 10.7. The van der Waals surface area contributed by atoms with Gasteiger partial charge < -0.3 is 25.8 Å². The van der Waals surface area contributed by atoms with Crippen molar-refractivity contribution >= 4 is 35.6 Å². The first kappa shape index (κ1) is 29.0. The van der Waals surface area contributed by atoms with Crippen LogP contribution in [0.1, 0.15) is 36.0 Å². The third-order valence-electron chi connectivity index (χ3n) is 8.08. The number of ether oxygens (including phenoxy) is 1. The maximum absolute atomic E-state index is 13.6. The van der Waals surface area contributed by atoms with Crippen molar-refractivity contribution in [3.05, 3.63) is 65.0 Å². The monoisotopic (exact) mass is 581 g/mol. The van der Waals surface area contributed by atoms with Gasteiger partial charge in [0.2, 0.25) is 11.5 Å². The van der Waals surface area contributed by atoms with Crippen LogP contribution >= 0.6 is 0 Å². The highest BCUT2D eigenvalue weighted by Crippen LogP contribution is 2.46. The number of likely N-dealkylation sites (tertiary alicyclic amines) is 1. The maximum Gasteiger partial charge on any atom is 0.418 e. The lowest BCUT2D eigenvalue weighted by Crippen LogP contribution is -2.53. The molecule has 2 saturated heterocycles. The standard InChI is InChI=1S/C29H32FN5O7/c1-31-27(40)32-20-8-9-21-18(14-20)10-11-29(21)26(39)35(28(41)42-29)15-24(36)33-22(13-17-4-6-19(30)7-5-17)23-3-2-12-34(23)16-25(37)38/h4-9,14,22-23H,2-3,10-13,15-16H2,1H3,(H,33,36)(H,37,38)(H2,31,32,40)/t22?,23?,29-/m1/s1. The van der Waals surface area contributed by atoms with Crippen LogP contribution in [0.25, 0.3) is 0 Å². The summed E-state index contributed by atoms with van der Waals surface area (Å²) in [6.07, 6.45) is 1.38. The SMILES string of the molecule is CNC(=O)Nc1ccc2c(c1)CC[C@@]21OC(=O)N(CC(=O)NC(Cc2ccc(F)cc2)C2CCCN2CC(=O)O)C1=O. The first-order valence-electron chi connectivity index (χ1n) is 13.8. The van der Waals surface area contributed by atoms with Crippen LogP contribution in [0.2, 0.25) is 0 Å². The number of hydrogen-bond donors (Lipinski definition) is 4. The quantitative estimate of drug-likeness (QED) is 0.350. The summed E-state index contributed by atoms with van der Waals surface area (Å²) < 4.78 is 19.1. The van der Waals surface area contributed by atoms with Crippen molar-refractivity contribution in [2.75, 3.05) is 32.0 Å². The molecule has 0 saturated carbocycles. The van der Waals surface area contributed by atoms with Crippen molar-refractivity contribution in [1.29, 1.82) is 0 Å². The zero-order chi connectivity index (χ0) is 30.0. The zero-order valence-electron chi connectivity index (χ0n) is 23.0. The third kappa shape index (κ3) is 5.77. The molecule has 2 aromatic carbocycles. The molecule has 0 radical (unpaired) electrons. The number of carboxylic acid groups (broad SMARTS) is 1. The second kappa shape index (κ2) is 11.8. The summed E-state index contributed by atoms with van der Waals surface area (Å²) >= 11 is 0. The van der Waals surface area contributed by atoms with Crippen LogP contribution in [0.3, 0.4) is 0 Å². The number of halogens is 1. The van der Waals surface area contributed by atoms with Gasteiger partial charge in [0.15, 0.2) is 0 Å². The Morgan fingerprint density at radius 2 is 1.90 bits per heavy atom. The van der Waals surface area contributed by atoms with Gasteiger partial charge >= 0.3 is 18.1 Å². The number of urea groups is 1. The van der Waals surface area contributed by atoms with Gasteiger partial charge in [0.25, 0.3) is 5.91 Å². The highest BCUT2D eigenvalue weighted by molar-refractivity contribution is 6.06. The Labute approximate surface area is 241 Å². The molecule has 2 aliphatic heterocycles. The predicted octanol–water partition coefficient (Wildman–Crippen LogP) is 1.97. The highest BCUT2D eigenvalue weighted by atomic mass is 19.1. The molecular formula is C29H32FN5O7. The summed E-state index contributed by atoms with van der Waals surface area (Å²) in [6.45, 7) is -0.220. The zero-order valence-corrected chi connectivity index (χ0v) is 23.0. The average molecular weight is 582 g/mol. The van der Waals surface area contributed by atoms with Gasteiger partial charge in [-0.05, 0) is 67.6 Å². The fourth-order valence-electron chi connectivity index (χ4n) is 6.16. The van der Waals surface area contributed by atoms with Crippen LogP contribution in [-0.4, -0.2) is 83.6 Å². The van der Waals surface area contributed by atoms with E-state index in [4.69, 9.17) is 4.74 Å². The summed E-state index contributed by atoms with van der Waals surface area (Å²) in [7, 11) is 1.49. The lowest BCUT2D eigenvalue weighted by molar-refractivity contribution is -0.140. The molecule has 5 rings (SSSR count). The molecule has 2 aromatic rings. The van der Waals surface area contributed by atoms with Crippen molar-refractivity contribution in [3.63, 3.8) is 0 Å². The average Bonchev–Trinajstić information content (AvgIpc) is 3.62. The summed E-state index contributed by atoms with van der Waals surface area (Å²) in [4.78, 5) is 65.5. The third-order valence-corrected chi connectivity index (χ3v) is 8.08. The van der Waals surface area contributed by atoms with E-state index >= 15 is 0 Å². The number of nitrogens with zero attached hydrogens (tertiary/aromatic N) is 2. The van der Waals surface area contributed by atoms with E-state index in [0.717, 1.165) is 22.4 Å². The summed E-state index contributed by atoms with van der Waals surface area (Å²) in [5.74, 6) is -2.63. The lowest BCUT2D eigenvalue weighted by atomic mass is 9.94. The highest BCUT2D eigenvalue weighted by Gasteiger charge is 2.58. The Balaban J connectivity index is 1.31. The minimum atomic E-state index is -1.55. The number of carbonyl (C=O) groups excluding carboxylic acids is 4. The molecule has 0 aromatic heterocycles. The number of imide groups is 1. The van der Waals surface area contributed by atoms with E-state index in [1.807, 2.05) is 0 Å². The number of carboxylic acids is 1. The van der Waals surface area contributed by atoms with Gasteiger partial charge in [-0.1, -0.05) is 18.2 Å². The molecule has 2 heterocycles. The lowest BCUT2D eigenvalue weighted by Gasteiger charge is -2.32.